The number of ether oxygens (including phenoxy) is 1. The third-order valence-corrected chi connectivity index (χ3v) is 3.60. The number of hydrogen-bond acceptors (Lipinski definition) is 2. The summed E-state index contributed by atoms with van der Waals surface area (Å²) in [4.78, 5) is 0. The molecule has 2 unspecified atom stereocenters. The van der Waals surface area contributed by atoms with Gasteiger partial charge in [0.15, 0.2) is 0 Å². The van der Waals surface area contributed by atoms with E-state index in [9.17, 15) is 0 Å². The van der Waals surface area contributed by atoms with Crippen molar-refractivity contribution in [1.29, 1.82) is 0 Å². The minimum absolute atomic E-state index is 0.0950. The Bertz CT molecular complexity index is 406. The Labute approximate surface area is 118 Å². The summed E-state index contributed by atoms with van der Waals surface area (Å²) >= 11 is 0. The molecule has 2 atom stereocenters. The van der Waals surface area contributed by atoms with Crippen LogP contribution in [-0.4, -0.2) is 19.8 Å². The first kappa shape index (κ1) is 16.2. The Morgan fingerprint density at radius 2 is 1.84 bits per heavy atom. The second kappa shape index (κ2) is 6.53. The zero-order valence-corrected chi connectivity index (χ0v) is 13.5. The lowest BCUT2D eigenvalue weighted by molar-refractivity contribution is -0.0117. The minimum atomic E-state index is 0.0950. The molecule has 1 aromatic rings. The summed E-state index contributed by atoms with van der Waals surface area (Å²) in [7, 11) is 1.81. The summed E-state index contributed by atoms with van der Waals surface area (Å²) in [6.45, 7) is 14.1. The van der Waals surface area contributed by atoms with Gasteiger partial charge in [0.25, 0.3) is 0 Å². The second-order valence-electron chi connectivity index (χ2n) is 6.42. The molecular formula is C17H29NO. The molecule has 1 aromatic carbocycles. The van der Waals surface area contributed by atoms with E-state index < -0.39 is 0 Å². The van der Waals surface area contributed by atoms with Gasteiger partial charge in [-0.1, -0.05) is 51.5 Å². The first-order valence-corrected chi connectivity index (χ1v) is 7.14. The number of likely N-dealkylation sites (N-methyl/N-ethyl adjacent to an activating group) is 1. The van der Waals surface area contributed by atoms with Crippen LogP contribution < -0.4 is 5.32 Å². The lowest BCUT2D eigenvalue weighted by Crippen LogP contribution is -2.41. The highest BCUT2D eigenvalue weighted by Crippen LogP contribution is 2.34. The van der Waals surface area contributed by atoms with Gasteiger partial charge in [0.05, 0.1) is 12.1 Å². The fraction of sp³-hybridized carbons (Fsp3) is 0.647. The van der Waals surface area contributed by atoms with Crippen molar-refractivity contribution >= 4 is 0 Å². The van der Waals surface area contributed by atoms with Crippen LogP contribution in [0.3, 0.4) is 0 Å². The highest BCUT2D eigenvalue weighted by molar-refractivity contribution is 5.34. The Morgan fingerprint density at radius 1 is 1.21 bits per heavy atom. The van der Waals surface area contributed by atoms with Crippen molar-refractivity contribution in [2.45, 2.75) is 53.7 Å². The molecule has 2 nitrogen and oxygen atoms in total. The van der Waals surface area contributed by atoms with Crippen LogP contribution in [0.5, 0.6) is 0 Å². The van der Waals surface area contributed by atoms with Crippen molar-refractivity contribution in [1.82, 2.24) is 5.32 Å². The average Bonchev–Trinajstić information content (AvgIpc) is 2.30. The third-order valence-electron chi connectivity index (χ3n) is 3.60. The molecule has 0 saturated heterocycles. The summed E-state index contributed by atoms with van der Waals surface area (Å²) in [6.07, 6.45) is 0.146. The lowest BCUT2D eigenvalue weighted by Gasteiger charge is -2.37. The van der Waals surface area contributed by atoms with E-state index in [1.165, 1.54) is 16.7 Å². The van der Waals surface area contributed by atoms with Gasteiger partial charge in [0.2, 0.25) is 0 Å². The van der Waals surface area contributed by atoms with Crippen molar-refractivity contribution in [2.75, 3.05) is 13.7 Å². The smallest absolute Gasteiger partial charge is 0.0814 e. The number of aryl methyl sites for hydroxylation is 2. The minimum Gasteiger partial charge on any atom is -0.379 e. The maximum atomic E-state index is 5.82. The maximum absolute atomic E-state index is 5.82. The average molecular weight is 263 g/mol. The van der Waals surface area contributed by atoms with Crippen LogP contribution in [0, 0.1) is 19.3 Å². The number of rotatable bonds is 5. The quantitative estimate of drug-likeness (QED) is 0.866. The topological polar surface area (TPSA) is 21.3 Å². The number of hydrogen-bond donors (Lipinski definition) is 1. The van der Waals surface area contributed by atoms with E-state index in [1.54, 1.807) is 0 Å². The van der Waals surface area contributed by atoms with E-state index in [1.807, 2.05) is 7.11 Å². The second-order valence-corrected chi connectivity index (χ2v) is 6.42. The number of nitrogens with one attached hydrogen (secondary N) is 1. The molecule has 0 heterocycles. The van der Waals surface area contributed by atoms with Gasteiger partial charge in [-0.15, -0.1) is 0 Å². The van der Waals surface area contributed by atoms with Crippen LogP contribution in [0.4, 0.5) is 0 Å². The zero-order valence-electron chi connectivity index (χ0n) is 13.5. The van der Waals surface area contributed by atoms with Crippen molar-refractivity contribution in [3.8, 4) is 0 Å². The van der Waals surface area contributed by atoms with E-state index in [-0.39, 0.29) is 17.6 Å². The number of benzene rings is 1. The predicted octanol–water partition coefficient (Wildman–Crippen LogP) is 4.02. The van der Waals surface area contributed by atoms with E-state index in [2.05, 4.69) is 65.1 Å². The highest BCUT2D eigenvalue weighted by Gasteiger charge is 2.33. The fourth-order valence-corrected chi connectivity index (χ4v) is 2.68. The Hall–Kier alpha value is -0.860. The van der Waals surface area contributed by atoms with Crippen LogP contribution in [0.1, 0.15) is 50.4 Å². The maximum Gasteiger partial charge on any atom is 0.0814 e. The Kier molecular flexibility index (Phi) is 5.57. The first-order valence-electron chi connectivity index (χ1n) is 7.14. The summed E-state index contributed by atoms with van der Waals surface area (Å²) < 4.78 is 5.82. The molecule has 2 heteroatoms. The molecule has 0 aliphatic rings. The molecule has 19 heavy (non-hydrogen) atoms. The summed E-state index contributed by atoms with van der Waals surface area (Å²) in [5.74, 6) is 0. The molecule has 108 valence electrons. The molecule has 0 aliphatic heterocycles. The van der Waals surface area contributed by atoms with Crippen molar-refractivity contribution < 1.29 is 4.74 Å². The number of methoxy groups -OCH3 is 1. The van der Waals surface area contributed by atoms with Crippen LogP contribution in [-0.2, 0) is 4.74 Å². The van der Waals surface area contributed by atoms with E-state index in [4.69, 9.17) is 4.74 Å². The van der Waals surface area contributed by atoms with E-state index in [0.717, 1.165) is 6.54 Å². The molecule has 1 rings (SSSR count). The summed E-state index contributed by atoms with van der Waals surface area (Å²) in [5.41, 5.74) is 4.07. The molecule has 1 N–H and O–H groups in total. The first-order chi connectivity index (χ1) is 8.81. The van der Waals surface area contributed by atoms with Gasteiger partial charge < -0.3 is 10.1 Å². The largest absolute Gasteiger partial charge is 0.379 e. The van der Waals surface area contributed by atoms with Gasteiger partial charge in [-0.2, -0.15) is 0 Å². The SMILES string of the molecule is CCNC(c1cc(C)ccc1C)C(OC)C(C)(C)C. The van der Waals surface area contributed by atoms with Gasteiger partial charge in [-0.3, -0.25) is 0 Å². The summed E-state index contributed by atoms with van der Waals surface area (Å²) in [5, 5.41) is 3.60. The van der Waals surface area contributed by atoms with Crippen LogP contribution in [0.2, 0.25) is 0 Å². The molecule has 0 radical (unpaired) electrons. The zero-order chi connectivity index (χ0) is 14.6. The van der Waals surface area contributed by atoms with Gasteiger partial charge in [-0.05, 0) is 36.9 Å². The fourth-order valence-electron chi connectivity index (χ4n) is 2.68. The molecule has 0 saturated carbocycles. The molecular weight excluding hydrogens is 234 g/mol. The lowest BCUT2D eigenvalue weighted by atomic mass is 9.80. The molecule has 0 fully saturated rings. The van der Waals surface area contributed by atoms with Crippen molar-refractivity contribution in [3.05, 3.63) is 34.9 Å². The van der Waals surface area contributed by atoms with Crippen LogP contribution >= 0.6 is 0 Å². The molecule has 0 aromatic heterocycles. The van der Waals surface area contributed by atoms with Gasteiger partial charge in [0, 0.05) is 7.11 Å². The Morgan fingerprint density at radius 3 is 2.32 bits per heavy atom. The molecule has 0 spiro atoms. The van der Waals surface area contributed by atoms with Gasteiger partial charge in [-0.25, -0.2) is 0 Å². The predicted molar refractivity (Wildman–Crippen MR) is 82.6 cm³/mol. The summed E-state index contributed by atoms with van der Waals surface area (Å²) in [6, 6.07) is 6.88. The third kappa shape index (κ3) is 4.05. The molecule has 0 aliphatic carbocycles. The highest BCUT2D eigenvalue weighted by atomic mass is 16.5. The standard InChI is InChI=1S/C17H29NO/c1-8-18-15(16(19-7)17(4,5)6)14-11-12(2)9-10-13(14)3/h9-11,15-16,18H,8H2,1-7H3. The van der Waals surface area contributed by atoms with Crippen LogP contribution in [0.25, 0.3) is 0 Å². The monoisotopic (exact) mass is 263 g/mol. The van der Waals surface area contributed by atoms with E-state index in [0.29, 0.717) is 0 Å². The molecule has 0 bridgehead atoms. The Balaban J connectivity index is 3.22. The van der Waals surface area contributed by atoms with Crippen molar-refractivity contribution in [3.63, 3.8) is 0 Å². The normalized spacial score (nSPS) is 15.3. The van der Waals surface area contributed by atoms with E-state index >= 15 is 0 Å². The van der Waals surface area contributed by atoms with Crippen molar-refractivity contribution in [2.24, 2.45) is 5.41 Å². The van der Waals surface area contributed by atoms with Gasteiger partial charge >= 0.3 is 0 Å². The van der Waals surface area contributed by atoms with Gasteiger partial charge in [0.1, 0.15) is 0 Å². The van der Waals surface area contributed by atoms with Crippen LogP contribution in [0.15, 0.2) is 18.2 Å². The molecule has 0 amide bonds.